The lowest BCUT2D eigenvalue weighted by Gasteiger charge is -2.07. The molecule has 5 nitrogen and oxygen atoms in total. The number of hydrogen-bond donors (Lipinski definition) is 0. The van der Waals surface area contributed by atoms with Crippen LogP contribution in [0.25, 0.3) is 22.5 Å². The number of benzene rings is 3. The Hall–Kier alpha value is -3.51. The van der Waals surface area contributed by atoms with Gasteiger partial charge in [-0.15, -0.1) is 0 Å². The minimum atomic E-state index is -0.131. The predicted octanol–water partition coefficient (Wildman–Crippen LogP) is 6.35. The predicted molar refractivity (Wildman–Crippen MR) is 128 cm³/mol. The van der Waals surface area contributed by atoms with Crippen LogP contribution in [0.4, 0.5) is 0 Å². The summed E-state index contributed by atoms with van der Waals surface area (Å²) in [6.45, 7) is 4.33. The molecular weight excluding hydrogens is 466 g/mol. The molecule has 5 rings (SSSR count). The third kappa shape index (κ3) is 3.78. The van der Waals surface area contributed by atoms with E-state index in [4.69, 9.17) is 9.40 Å². The third-order valence-electron chi connectivity index (χ3n) is 5.46. The Morgan fingerprint density at radius 2 is 1.66 bits per heavy atom. The van der Waals surface area contributed by atoms with E-state index >= 15 is 0 Å². The van der Waals surface area contributed by atoms with Crippen molar-refractivity contribution in [3.63, 3.8) is 0 Å². The standard InChI is InChI=1S/C26H20BrN3O2/c1-16-7-9-19(10-8-16)26-29-22(17(2)32-26)15-30-23-6-4-3-5-21(23)28-25(30)24(31)18-11-13-20(27)14-12-18/h3-14H,15H2,1-2H3. The number of aryl methyl sites for hydroxylation is 2. The highest BCUT2D eigenvalue weighted by atomic mass is 79.9. The van der Waals surface area contributed by atoms with Crippen LogP contribution >= 0.6 is 15.9 Å². The molecule has 158 valence electrons. The summed E-state index contributed by atoms with van der Waals surface area (Å²) in [6, 6.07) is 23.1. The molecule has 5 aromatic rings. The number of para-hydroxylation sites is 2. The van der Waals surface area contributed by atoms with Crippen molar-refractivity contribution >= 4 is 32.7 Å². The van der Waals surface area contributed by atoms with Crippen molar-refractivity contribution in [2.45, 2.75) is 20.4 Å². The SMILES string of the molecule is Cc1ccc(-c2nc(Cn3c(C(=O)c4ccc(Br)cc4)nc4ccccc43)c(C)o2)cc1. The lowest BCUT2D eigenvalue weighted by molar-refractivity contribution is 0.102. The molecule has 0 spiro atoms. The number of halogens is 1. The fourth-order valence-corrected chi connectivity index (χ4v) is 3.95. The average molecular weight is 486 g/mol. The summed E-state index contributed by atoms with van der Waals surface area (Å²) in [5.41, 5.74) is 5.11. The molecule has 0 saturated carbocycles. The fraction of sp³-hybridized carbons (Fsp3) is 0.115. The average Bonchev–Trinajstić information content (AvgIpc) is 3.35. The monoisotopic (exact) mass is 485 g/mol. The zero-order valence-electron chi connectivity index (χ0n) is 17.7. The summed E-state index contributed by atoms with van der Waals surface area (Å²) in [4.78, 5) is 22.7. The highest BCUT2D eigenvalue weighted by Gasteiger charge is 2.21. The first kappa shape index (κ1) is 20.4. The second-order valence-electron chi connectivity index (χ2n) is 7.73. The number of aromatic nitrogens is 3. The van der Waals surface area contributed by atoms with Gasteiger partial charge in [-0.3, -0.25) is 4.79 Å². The maximum absolute atomic E-state index is 13.3. The first-order valence-electron chi connectivity index (χ1n) is 10.3. The van der Waals surface area contributed by atoms with E-state index in [0.29, 0.717) is 23.8 Å². The number of hydrogen-bond acceptors (Lipinski definition) is 4. The number of ketones is 1. The number of carbonyl (C=O) groups is 1. The smallest absolute Gasteiger partial charge is 0.228 e. The number of oxazole rings is 1. The van der Waals surface area contributed by atoms with Crippen LogP contribution < -0.4 is 0 Å². The van der Waals surface area contributed by atoms with Crippen LogP contribution in [0.15, 0.2) is 81.7 Å². The van der Waals surface area contributed by atoms with Gasteiger partial charge in [0.2, 0.25) is 11.7 Å². The lowest BCUT2D eigenvalue weighted by Crippen LogP contribution is -2.13. The van der Waals surface area contributed by atoms with E-state index in [1.165, 1.54) is 5.56 Å². The second-order valence-corrected chi connectivity index (χ2v) is 8.65. The van der Waals surface area contributed by atoms with Gasteiger partial charge in [-0.1, -0.05) is 45.8 Å². The number of imidazole rings is 1. The van der Waals surface area contributed by atoms with E-state index in [9.17, 15) is 4.79 Å². The number of rotatable bonds is 5. The Morgan fingerprint density at radius 3 is 2.41 bits per heavy atom. The van der Waals surface area contributed by atoms with E-state index in [-0.39, 0.29) is 5.78 Å². The van der Waals surface area contributed by atoms with E-state index in [2.05, 4.69) is 20.9 Å². The molecule has 0 bridgehead atoms. The largest absolute Gasteiger partial charge is 0.441 e. The molecule has 0 radical (unpaired) electrons. The van der Waals surface area contributed by atoms with Crippen LogP contribution in [0.5, 0.6) is 0 Å². The van der Waals surface area contributed by atoms with Gasteiger partial charge in [0.25, 0.3) is 0 Å². The molecule has 6 heteroatoms. The quantitative estimate of drug-likeness (QED) is 0.272. The number of carbonyl (C=O) groups excluding carboxylic acids is 1. The molecule has 0 N–H and O–H groups in total. The fourth-order valence-electron chi connectivity index (χ4n) is 3.68. The molecule has 0 amide bonds. The molecule has 0 fully saturated rings. The zero-order chi connectivity index (χ0) is 22.2. The highest BCUT2D eigenvalue weighted by Crippen LogP contribution is 2.25. The van der Waals surface area contributed by atoms with E-state index in [1.54, 1.807) is 12.1 Å². The van der Waals surface area contributed by atoms with Crippen LogP contribution in [0, 0.1) is 13.8 Å². The van der Waals surface area contributed by atoms with Crippen molar-refractivity contribution in [1.82, 2.24) is 14.5 Å². The molecule has 0 unspecified atom stereocenters. The first-order chi connectivity index (χ1) is 15.5. The van der Waals surface area contributed by atoms with E-state index in [0.717, 1.165) is 32.5 Å². The summed E-state index contributed by atoms with van der Waals surface area (Å²) < 4.78 is 8.81. The summed E-state index contributed by atoms with van der Waals surface area (Å²) in [7, 11) is 0. The molecule has 0 aliphatic heterocycles. The number of fused-ring (bicyclic) bond motifs is 1. The van der Waals surface area contributed by atoms with Crippen molar-refractivity contribution < 1.29 is 9.21 Å². The van der Waals surface area contributed by atoms with Crippen molar-refractivity contribution in [2.24, 2.45) is 0 Å². The van der Waals surface area contributed by atoms with Crippen molar-refractivity contribution in [1.29, 1.82) is 0 Å². The van der Waals surface area contributed by atoms with E-state index < -0.39 is 0 Å². The molecule has 0 aliphatic rings. The van der Waals surface area contributed by atoms with Crippen LogP contribution in [-0.4, -0.2) is 20.3 Å². The molecule has 2 aromatic heterocycles. The summed E-state index contributed by atoms with van der Waals surface area (Å²) in [5.74, 6) is 1.55. The van der Waals surface area contributed by atoms with Gasteiger partial charge in [0.1, 0.15) is 11.5 Å². The van der Waals surface area contributed by atoms with Gasteiger partial charge in [-0.25, -0.2) is 9.97 Å². The first-order valence-corrected chi connectivity index (χ1v) is 11.1. The normalized spacial score (nSPS) is 11.2. The minimum Gasteiger partial charge on any atom is -0.441 e. The molecule has 3 aromatic carbocycles. The van der Waals surface area contributed by atoms with Gasteiger partial charge >= 0.3 is 0 Å². The molecule has 0 saturated heterocycles. The van der Waals surface area contributed by atoms with Crippen LogP contribution in [0.1, 0.15) is 33.2 Å². The van der Waals surface area contributed by atoms with E-state index in [1.807, 2.05) is 79.1 Å². The van der Waals surface area contributed by atoms with Gasteiger partial charge in [0.05, 0.1) is 17.6 Å². The third-order valence-corrected chi connectivity index (χ3v) is 5.99. The minimum absolute atomic E-state index is 0.131. The maximum Gasteiger partial charge on any atom is 0.228 e. The van der Waals surface area contributed by atoms with Crippen molar-refractivity contribution in [3.05, 3.63) is 106 Å². The summed E-state index contributed by atoms with van der Waals surface area (Å²) >= 11 is 3.42. The summed E-state index contributed by atoms with van der Waals surface area (Å²) in [5, 5.41) is 0. The number of nitrogens with zero attached hydrogens (tertiary/aromatic N) is 3. The molecule has 0 aliphatic carbocycles. The Morgan fingerprint density at radius 1 is 0.938 bits per heavy atom. The molecule has 2 heterocycles. The van der Waals surface area contributed by atoms with Gasteiger partial charge in [-0.05, 0) is 62.4 Å². The van der Waals surface area contributed by atoms with Crippen molar-refractivity contribution in [3.8, 4) is 11.5 Å². The second kappa shape index (κ2) is 8.20. The van der Waals surface area contributed by atoms with Gasteiger partial charge in [-0.2, -0.15) is 0 Å². The Kier molecular flexibility index (Phi) is 5.23. The van der Waals surface area contributed by atoms with Crippen molar-refractivity contribution in [2.75, 3.05) is 0 Å². The van der Waals surface area contributed by atoms with Crippen LogP contribution in [0.3, 0.4) is 0 Å². The Labute approximate surface area is 193 Å². The highest BCUT2D eigenvalue weighted by molar-refractivity contribution is 9.10. The Balaban J connectivity index is 1.57. The Bertz CT molecular complexity index is 1430. The summed E-state index contributed by atoms with van der Waals surface area (Å²) in [6.07, 6.45) is 0. The van der Waals surface area contributed by atoms with Crippen LogP contribution in [0.2, 0.25) is 0 Å². The molecule has 0 atom stereocenters. The van der Waals surface area contributed by atoms with Gasteiger partial charge < -0.3 is 8.98 Å². The van der Waals surface area contributed by atoms with Gasteiger partial charge in [0, 0.05) is 15.6 Å². The zero-order valence-corrected chi connectivity index (χ0v) is 19.3. The topological polar surface area (TPSA) is 60.9 Å². The lowest BCUT2D eigenvalue weighted by atomic mass is 10.1. The van der Waals surface area contributed by atoms with Crippen LogP contribution in [-0.2, 0) is 6.54 Å². The molecular formula is C26H20BrN3O2. The molecule has 32 heavy (non-hydrogen) atoms. The van der Waals surface area contributed by atoms with Gasteiger partial charge in [0.15, 0.2) is 5.82 Å². The maximum atomic E-state index is 13.3.